The highest BCUT2D eigenvalue weighted by atomic mass is 35.5. The second kappa shape index (κ2) is 8.25. The number of carboxylic acids is 1. The summed E-state index contributed by atoms with van der Waals surface area (Å²) >= 11 is 11.7. The number of nitrogens with one attached hydrogen (secondary N) is 1. The lowest BCUT2D eigenvalue weighted by atomic mass is 9.94. The van der Waals surface area contributed by atoms with Crippen LogP contribution in [0.2, 0.25) is 10.0 Å². The van der Waals surface area contributed by atoms with Gasteiger partial charge in [0, 0.05) is 28.6 Å². The molecule has 0 aliphatic carbocycles. The van der Waals surface area contributed by atoms with E-state index in [4.69, 9.17) is 28.3 Å². The largest absolute Gasteiger partial charge is 0.481 e. The fourth-order valence-electron chi connectivity index (χ4n) is 2.18. The molecule has 0 heterocycles. The van der Waals surface area contributed by atoms with Gasteiger partial charge < -0.3 is 10.4 Å². The minimum absolute atomic E-state index is 0.0365. The van der Waals surface area contributed by atoms with Gasteiger partial charge in [0.1, 0.15) is 0 Å². The van der Waals surface area contributed by atoms with E-state index in [2.05, 4.69) is 5.32 Å². The standard InChI is InChI=1S/C15H19Cl2NO3/c1-9(2)3-10(4-14(19)20)8-18-15(21)11-5-12(16)7-13(17)6-11/h5-7,9-10H,3-4,8H2,1-2H3,(H,18,21)(H,19,20). The summed E-state index contributed by atoms with van der Waals surface area (Å²) in [7, 11) is 0. The van der Waals surface area contributed by atoms with Crippen molar-refractivity contribution in [3.63, 3.8) is 0 Å². The van der Waals surface area contributed by atoms with Gasteiger partial charge >= 0.3 is 5.97 Å². The zero-order valence-corrected chi connectivity index (χ0v) is 13.5. The van der Waals surface area contributed by atoms with Gasteiger partial charge in [-0.2, -0.15) is 0 Å². The van der Waals surface area contributed by atoms with Crippen LogP contribution < -0.4 is 5.32 Å². The van der Waals surface area contributed by atoms with Crippen LogP contribution in [0.15, 0.2) is 18.2 Å². The van der Waals surface area contributed by atoms with Gasteiger partial charge in [-0.05, 0) is 36.5 Å². The van der Waals surface area contributed by atoms with Crippen molar-refractivity contribution in [3.05, 3.63) is 33.8 Å². The van der Waals surface area contributed by atoms with E-state index in [0.29, 0.717) is 28.1 Å². The summed E-state index contributed by atoms with van der Waals surface area (Å²) in [6, 6.07) is 4.60. The highest BCUT2D eigenvalue weighted by Gasteiger charge is 2.17. The molecular formula is C15H19Cl2NO3. The normalized spacial score (nSPS) is 12.2. The molecular weight excluding hydrogens is 313 g/mol. The van der Waals surface area contributed by atoms with Gasteiger partial charge in [0.2, 0.25) is 0 Å². The third kappa shape index (κ3) is 6.82. The lowest BCUT2D eigenvalue weighted by Gasteiger charge is -2.17. The van der Waals surface area contributed by atoms with E-state index >= 15 is 0 Å². The van der Waals surface area contributed by atoms with Crippen LogP contribution in [-0.2, 0) is 4.79 Å². The smallest absolute Gasteiger partial charge is 0.303 e. The van der Waals surface area contributed by atoms with Gasteiger partial charge in [0.05, 0.1) is 0 Å². The number of benzene rings is 1. The van der Waals surface area contributed by atoms with Crippen molar-refractivity contribution in [3.8, 4) is 0 Å². The Balaban J connectivity index is 2.65. The Kier molecular flexibility index (Phi) is 6.99. The lowest BCUT2D eigenvalue weighted by Crippen LogP contribution is -2.31. The molecule has 0 aliphatic rings. The molecule has 0 bridgehead atoms. The second-order valence-corrected chi connectivity index (χ2v) is 6.33. The molecule has 1 aromatic carbocycles. The molecule has 6 heteroatoms. The van der Waals surface area contributed by atoms with E-state index < -0.39 is 5.97 Å². The summed E-state index contributed by atoms with van der Waals surface area (Å²) < 4.78 is 0. The van der Waals surface area contributed by atoms with Gasteiger partial charge in [0.25, 0.3) is 5.91 Å². The number of carbonyl (C=O) groups excluding carboxylic acids is 1. The van der Waals surface area contributed by atoms with E-state index in [9.17, 15) is 9.59 Å². The highest BCUT2D eigenvalue weighted by molar-refractivity contribution is 6.35. The third-order valence-electron chi connectivity index (χ3n) is 2.94. The van der Waals surface area contributed by atoms with Crippen LogP contribution in [0.4, 0.5) is 0 Å². The number of carboxylic acid groups (broad SMARTS) is 1. The minimum atomic E-state index is -0.860. The predicted molar refractivity (Wildman–Crippen MR) is 84.0 cm³/mol. The Labute approximate surface area is 134 Å². The Bertz CT molecular complexity index is 497. The first-order valence-electron chi connectivity index (χ1n) is 6.74. The summed E-state index contributed by atoms with van der Waals surface area (Å²) in [4.78, 5) is 22.9. The number of hydrogen-bond acceptors (Lipinski definition) is 2. The van der Waals surface area contributed by atoms with Crippen molar-refractivity contribution in [1.82, 2.24) is 5.32 Å². The molecule has 0 aromatic heterocycles. The van der Waals surface area contributed by atoms with Gasteiger partial charge in [-0.3, -0.25) is 9.59 Å². The van der Waals surface area contributed by atoms with Crippen molar-refractivity contribution < 1.29 is 14.7 Å². The number of amides is 1. The maximum Gasteiger partial charge on any atom is 0.303 e. The fourth-order valence-corrected chi connectivity index (χ4v) is 2.70. The molecule has 4 nitrogen and oxygen atoms in total. The molecule has 2 N–H and O–H groups in total. The summed E-state index contributed by atoms with van der Waals surface area (Å²) in [5.41, 5.74) is 0.367. The van der Waals surface area contributed by atoms with Gasteiger partial charge in [-0.15, -0.1) is 0 Å². The van der Waals surface area contributed by atoms with Crippen molar-refractivity contribution in [1.29, 1.82) is 0 Å². The summed E-state index contributed by atoms with van der Waals surface area (Å²) in [5, 5.41) is 12.4. The number of hydrogen-bond donors (Lipinski definition) is 2. The third-order valence-corrected chi connectivity index (χ3v) is 3.38. The van der Waals surface area contributed by atoms with Crippen LogP contribution in [0.3, 0.4) is 0 Å². The molecule has 116 valence electrons. The zero-order valence-electron chi connectivity index (χ0n) is 12.0. The molecule has 0 saturated heterocycles. The van der Waals surface area contributed by atoms with Crippen LogP contribution in [0.25, 0.3) is 0 Å². The van der Waals surface area contributed by atoms with Crippen molar-refractivity contribution in [2.75, 3.05) is 6.54 Å². The topological polar surface area (TPSA) is 66.4 Å². The maximum atomic E-state index is 12.0. The first-order chi connectivity index (χ1) is 9.77. The Morgan fingerprint density at radius 1 is 1.19 bits per heavy atom. The van der Waals surface area contributed by atoms with Gasteiger partial charge in [-0.1, -0.05) is 37.0 Å². The average molecular weight is 332 g/mol. The number of rotatable bonds is 7. The summed E-state index contributed by atoms with van der Waals surface area (Å²) in [5.74, 6) is -0.896. The quantitative estimate of drug-likeness (QED) is 0.797. The van der Waals surface area contributed by atoms with E-state index in [1.54, 1.807) is 6.07 Å². The molecule has 1 atom stereocenters. The molecule has 0 fully saturated rings. The van der Waals surface area contributed by atoms with Crippen molar-refractivity contribution >= 4 is 35.1 Å². The van der Waals surface area contributed by atoms with Crippen molar-refractivity contribution in [2.45, 2.75) is 26.7 Å². The number of carbonyl (C=O) groups is 2. The molecule has 1 aromatic rings. The molecule has 0 radical (unpaired) electrons. The number of halogens is 2. The molecule has 0 spiro atoms. The average Bonchev–Trinajstić information content (AvgIpc) is 2.32. The first-order valence-corrected chi connectivity index (χ1v) is 7.49. The monoisotopic (exact) mass is 331 g/mol. The minimum Gasteiger partial charge on any atom is -0.481 e. The van der Waals surface area contributed by atoms with Gasteiger partial charge in [0.15, 0.2) is 0 Å². The molecule has 0 aliphatic heterocycles. The lowest BCUT2D eigenvalue weighted by molar-refractivity contribution is -0.138. The highest BCUT2D eigenvalue weighted by Crippen LogP contribution is 2.19. The Hall–Kier alpha value is -1.26. The SMILES string of the molecule is CC(C)CC(CNC(=O)c1cc(Cl)cc(Cl)c1)CC(=O)O. The Morgan fingerprint density at radius 2 is 1.76 bits per heavy atom. The Morgan fingerprint density at radius 3 is 2.24 bits per heavy atom. The van der Waals surface area contributed by atoms with Crippen LogP contribution >= 0.6 is 23.2 Å². The molecule has 1 amide bonds. The first kappa shape index (κ1) is 17.8. The summed E-state index contributed by atoms with van der Waals surface area (Å²) in [6.07, 6.45) is 0.775. The van der Waals surface area contributed by atoms with Crippen LogP contribution in [-0.4, -0.2) is 23.5 Å². The number of aliphatic carboxylic acids is 1. The molecule has 21 heavy (non-hydrogen) atoms. The fraction of sp³-hybridized carbons (Fsp3) is 0.467. The van der Waals surface area contributed by atoms with Crippen LogP contribution in [0.5, 0.6) is 0 Å². The van der Waals surface area contributed by atoms with Gasteiger partial charge in [-0.25, -0.2) is 0 Å². The van der Waals surface area contributed by atoms with Crippen LogP contribution in [0, 0.1) is 11.8 Å². The van der Waals surface area contributed by atoms with E-state index in [-0.39, 0.29) is 18.2 Å². The zero-order chi connectivity index (χ0) is 16.0. The van der Waals surface area contributed by atoms with Crippen LogP contribution in [0.1, 0.15) is 37.0 Å². The van der Waals surface area contributed by atoms with E-state index in [0.717, 1.165) is 6.42 Å². The maximum absolute atomic E-state index is 12.0. The molecule has 1 unspecified atom stereocenters. The van der Waals surface area contributed by atoms with E-state index in [1.165, 1.54) is 12.1 Å². The molecule has 1 rings (SSSR count). The second-order valence-electron chi connectivity index (χ2n) is 5.46. The summed E-state index contributed by atoms with van der Waals surface area (Å²) in [6.45, 7) is 4.36. The van der Waals surface area contributed by atoms with Crippen molar-refractivity contribution in [2.24, 2.45) is 11.8 Å². The van der Waals surface area contributed by atoms with E-state index in [1.807, 2.05) is 13.8 Å². The predicted octanol–water partition coefficient (Wildman–Crippen LogP) is 3.86. The molecule has 0 saturated carbocycles.